The minimum absolute atomic E-state index is 0.0375. The first-order valence-electron chi connectivity index (χ1n) is 9.96. The van der Waals surface area contributed by atoms with E-state index in [1.54, 1.807) is 0 Å². The number of ether oxygens (including phenoxy) is 1. The fraction of sp³-hybridized carbons (Fsp3) is 0.364. The topological polar surface area (TPSA) is 50.1 Å². The van der Waals surface area contributed by atoms with Crippen LogP contribution >= 0.6 is 11.8 Å². The second-order valence-corrected chi connectivity index (χ2v) is 8.22. The van der Waals surface area contributed by atoms with E-state index in [9.17, 15) is 4.79 Å². The standard InChI is InChI=1S/C22H26N4O2S/c1-24-11-8-18(17-24)16-20-21(27)26(10-5-9-25-12-14-28-15-13-25)22(29-20)23-19-6-3-2-4-7-19/h2-4,6-8,11,16-17H,5,9-10,12-15H2,1H3/b20-16+,23-22?. The number of nitrogens with zero attached hydrogens (tertiary/aromatic N) is 4. The first-order valence-corrected chi connectivity index (χ1v) is 10.8. The lowest BCUT2D eigenvalue weighted by atomic mass is 10.3. The SMILES string of the molecule is Cn1ccc(/C=C2/SC(=Nc3ccccc3)N(CCCN3CCOCC3)C2=O)c1. The number of rotatable bonds is 6. The molecule has 152 valence electrons. The van der Waals surface area contributed by atoms with Crippen LogP contribution in [0.1, 0.15) is 12.0 Å². The Kier molecular flexibility index (Phi) is 6.49. The third-order valence-corrected chi connectivity index (χ3v) is 5.99. The van der Waals surface area contributed by atoms with Gasteiger partial charge in [0.1, 0.15) is 0 Å². The first kappa shape index (κ1) is 19.9. The van der Waals surface area contributed by atoms with Gasteiger partial charge in [0.25, 0.3) is 5.91 Å². The van der Waals surface area contributed by atoms with Crippen molar-refractivity contribution in [2.45, 2.75) is 6.42 Å². The summed E-state index contributed by atoms with van der Waals surface area (Å²) in [6.07, 6.45) is 6.86. The molecule has 0 N–H and O–H groups in total. The summed E-state index contributed by atoms with van der Waals surface area (Å²) in [5.41, 5.74) is 1.89. The van der Waals surface area contributed by atoms with Gasteiger partial charge in [-0.05, 0) is 48.0 Å². The highest BCUT2D eigenvalue weighted by atomic mass is 32.2. The first-order chi connectivity index (χ1) is 14.2. The number of carbonyl (C=O) groups excluding carboxylic acids is 1. The fourth-order valence-electron chi connectivity index (χ4n) is 3.44. The van der Waals surface area contributed by atoms with E-state index in [4.69, 9.17) is 9.73 Å². The molecule has 0 spiro atoms. The molecule has 6 nitrogen and oxygen atoms in total. The van der Waals surface area contributed by atoms with E-state index in [0.29, 0.717) is 6.54 Å². The van der Waals surface area contributed by atoms with Gasteiger partial charge >= 0.3 is 0 Å². The van der Waals surface area contributed by atoms with E-state index >= 15 is 0 Å². The van der Waals surface area contributed by atoms with Gasteiger partial charge in [-0.3, -0.25) is 14.6 Å². The predicted octanol–water partition coefficient (Wildman–Crippen LogP) is 3.35. The molecule has 0 unspecified atom stereocenters. The minimum atomic E-state index is 0.0375. The summed E-state index contributed by atoms with van der Waals surface area (Å²) in [6.45, 7) is 5.15. The van der Waals surface area contributed by atoms with Crippen molar-refractivity contribution in [3.8, 4) is 0 Å². The Morgan fingerprint density at radius 3 is 2.66 bits per heavy atom. The van der Waals surface area contributed by atoms with Gasteiger partial charge in [0.15, 0.2) is 5.17 Å². The van der Waals surface area contributed by atoms with E-state index in [2.05, 4.69) is 4.90 Å². The maximum Gasteiger partial charge on any atom is 0.266 e. The molecule has 4 rings (SSSR count). The predicted molar refractivity (Wildman–Crippen MR) is 118 cm³/mol. The van der Waals surface area contributed by atoms with E-state index < -0.39 is 0 Å². The van der Waals surface area contributed by atoms with Crippen molar-refractivity contribution < 1.29 is 9.53 Å². The van der Waals surface area contributed by atoms with Gasteiger partial charge in [-0.15, -0.1) is 0 Å². The summed E-state index contributed by atoms with van der Waals surface area (Å²) >= 11 is 1.46. The molecule has 7 heteroatoms. The van der Waals surface area contributed by atoms with Crippen LogP contribution in [0.4, 0.5) is 5.69 Å². The second-order valence-electron chi connectivity index (χ2n) is 7.22. The van der Waals surface area contributed by atoms with Gasteiger partial charge in [-0.25, -0.2) is 4.99 Å². The van der Waals surface area contributed by atoms with Gasteiger partial charge in [0, 0.05) is 45.6 Å². The van der Waals surface area contributed by atoms with Gasteiger partial charge in [0.05, 0.1) is 23.8 Å². The molecule has 0 atom stereocenters. The summed E-state index contributed by atoms with van der Waals surface area (Å²) in [5, 5.41) is 0.755. The van der Waals surface area contributed by atoms with Crippen molar-refractivity contribution in [2.24, 2.45) is 12.0 Å². The van der Waals surface area contributed by atoms with Gasteiger partial charge in [0.2, 0.25) is 0 Å². The van der Waals surface area contributed by atoms with Crippen LogP contribution in [0.25, 0.3) is 6.08 Å². The number of amides is 1. The third kappa shape index (κ3) is 5.18. The monoisotopic (exact) mass is 410 g/mol. The number of aromatic nitrogens is 1. The number of morpholine rings is 1. The number of aryl methyl sites for hydroxylation is 1. The van der Waals surface area contributed by atoms with Crippen molar-refractivity contribution in [3.05, 3.63) is 59.3 Å². The van der Waals surface area contributed by atoms with Crippen LogP contribution in [0.5, 0.6) is 0 Å². The highest BCUT2D eigenvalue weighted by Crippen LogP contribution is 2.34. The summed E-state index contributed by atoms with van der Waals surface area (Å²) in [7, 11) is 1.98. The van der Waals surface area contributed by atoms with Gasteiger partial charge < -0.3 is 9.30 Å². The fourth-order valence-corrected chi connectivity index (χ4v) is 4.46. The maximum atomic E-state index is 13.1. The minimum Gasteiger partial charge on any atom is -0.379 e. The molecule has 29 heavy (non-hydrogen) atoms. The molecule has 2 aliphatic rings. The van der Waals surface area contributed by atoms with Crippen molar-refractivity contribution in [3.63, 3.8) is 0 Å². The second kappa shape index (κ2) is 9.43. The average Bonchev–Trinajstić information content (AvgIpc) is 3.27. The van der Waals surface area contributed by atoms with Crippen molar-refractivity contribution in [2.75, 3.05) is 39.4 Å². The van der Waals surface area contributed by atoms with Crippen LogP contribution in [-0.4, -0.2) is 64.8 Å². The summed E-state index contributed by atoms with van der Waals surface area (Å²) in [6, 6.07) is 11.8. The lowest BCUT2D eigenvalue weighted by Crippen LogP contribution is -2.38. The Labute approximate surface area is 175 Å². The molecule has 0 bridgehead atoms. The Morgan fingerprint density at radius 1 is 1.14 bits per heavy atom. The number of thioether (sulfide) groups is 1. The molecule has 3 heterocycles. The molecule has 1 amide bonds. The molecule has 1 aromatic heterocycles. The molecule has 1 aromatic carbocycles. The molecule has 0 saturated carbocycles. The quantitative estimate of drug-likeness (QED) is 0.686. The summed E-state index contributed by atoms with van der Waals surface area (Å²) < 4.78 is 7.40. The molecular weight excluding hydrogens is 384 g/mol. The average molecular weight is 411 g/mol. The van der Waals surface area contributed by atoms with Crippen LogP contribution in [-0.2, 0) is 16.6 Å². The van der Waals surface area contributed by atoms with E-state index in [0.717, 1.165) is 60.6 Å². The Hall–Kier alpha value is -2.35. The zero-order chi connectivity index (χ0) is 20.1. The highest BCUT2D eigenvalue weighted by Gasteiger charge is 2.33. The summed E-state index contributed by atoms with van der Waals surface area (Å²) in [4.78, 5) is 22.8. The van der Waals surface area contributed by atoms with Crippen LogP contribution in [0, 0.1) is 0 Å². The van der Waals surface area contributed by atoms with E-state index in [1.807, 2.05) is 71.4 Å². The zero-order valence-corrected chi connectivity index (χ0v) is 17.5. The van der Waals surface area contributed by atoms with E-state index in [-0.39, 0.29) is 5.91 Å². The molecule has 2 fully saturated rings. The van der Waals surface area contributed by atoms with Gasteiger partial charge in [-0.1, -0.05) is 18.2 Å². The lowest BCUT2D eigenvalue weighted by molar-refractivity contribution is -0.122. The number of carbonyl (C=O) groups is 1. The van der Waals surface area contributed by atoms with E-state index in [1.165, 1.54) is 11.8 Å². The molecule has 0 aliphatic carbocycles. The number of amidine groups is 1. The van der Waals surface area contributed by atoms with Crippen molar-refractivity contribution in [1.29, 1.82) is 0 Å². The molecule has 2 saturated heterocycles. The molecular formula is C22H26N4O2S. The van der Waals surface area contributed by atoms with Crippen molar-refractivity contribution in [1.82, 2.24) is 14.4 Å². The number of hydrogen-bond acceptors (Lipinski definition) is 5. The number of hydrogen-bond donors (Lipinski definition) is 0. The third-order valence-electron chi connectivity index (χ3n) is 4.98. The zero-order valence-electron chi connectivity index (χ0n) is 16.7. The largest absolute Gasteiger partial charge is 0.379 e. The van der Waals surface area contributed by atoms with Crippen molar-refractivity contribution >= 4 is 34.6 Å². The number of benzene rings is 1. The lowest BCUT2D eigenvalue weighted by Gasteiger charge is -2.27. The molecule has 2 aromatic rings. The van der Waals surface area contributed by atoms with Gasteiger partial charge in [-0.2, -0.15) is 0 Å². The Bertz CT molecular complexity index is 901. The Morgan fingerprint density at radius 2 is 1.93 bits per heavy atom. The Balaban J connectivity index is 1.50. The maximum absolute atomic E-state index is 13.1. The normalized spacial score (nSPS) is 20.9. The number of para-hydroxylation sites is 1. The van der Waals surface area contributed by atoms with Crippen LogP contribution in [0.15, 0.2) is 58.7 Å². The van der Waals surface area contributed by atoms with Crippen LogP contribution < -0.4 is 0 Å². The highest BCUT2D eigenvalue weighted by molar-refractivity contribution is 8.18. The van der Waals surface area contributed by atoms with Crippen LogP contribution in [0.3, 0.4) is 0 Å². The molecule has 2 aliphatic heterocycles. The summed E-state index contributed by atoms with van der Waals surface area (Å²) in [5.74, 6) is 0.0375. The number of aliphatic imine (C=N–C) groups is 1. The molecule has 0 radical (unpaired) electrons. The smallest absolute Gasteiger partial charge is 0.266 e. The van der Waals surface area contributed by atoms with Crippen LogP contribution in [0.2, 0.25) is 0 Å².